The van der Waals surface area contributed by atoms with E-state index < -0.39 is 6.04 Å². The third-order valence-corrected chi connectivity index (χ3v) is 2.21. The summed E-state index contributed by atoms with van der Waals surface area (Å²) in [7, 11) is 0. The van der Waals surface area contributed by atoms with Crippen molar-refractivity contribution in [1.82, 2.24) is 10.3 Å². The highest BCUT2D eigenvalue weighted by Crippen LogP contribution is 2.00. The summed E-state index contributed by atoms with van der Waals surface area (Å²) in [6, 6.07) is -0.435. The Bertz CT molecular complexity index is 258. The molecule has 13 heavy (non-hydrogen) atoms. The average Bonchev–Trinajstić information content (AvgIpc) is 2.56. The van der Waals surface area contributed by atoms with Gasteiger partial charge in [0, 0.05) is 18.3 Å². The SMILES string of the molecule is C[C@H](N)C(=O)NCCc1cscn1. The predicted molar refractivity (Wildman–Crippen MR) is 52.5 cm³/mol. The highest BCUT2D eigenvalue weighted by Gasteiger charge is 2.05. The Morgan fingerprint density at radius 2 is 2.62 bits per heavy atom. The third-order valence-electron chi connectivity index (χ3n) is 1.58. The number of rotatable bonds is 4. The average molecular weight is 199 g/mol. The van der Waals surface area contributed by atoms with Crippen LogP contribution in [0.5, 0.6) is 0 Å². The largest absolute Gasteiger partial charge is 0.354 e. The Labute approximate surface area is 81.2 Å². The first-order chi connectivity index (χ1) is 6.20. The number of nitrogens with one attached hydrogen (secondary N) is 1. The Morgan fingerprint density at radius 3 is 3.15 bits per heavy atom. The lowest BCUT2D eigenvalue weighted by Crippen LogP contribution is -2.39. The van der Waals surface area contributed by atoms with E-state index in [9.17, 15) is 4.79 Å². The van der Waals surface area contributed by atoms with Gasteiger partial charge in [-0.05, 0) is 6.92 Å². The summed E-state index contributed by atoms with van der Waals surface area (Å²) < 4.78 is 0. The molecule has 1 amide bonds. The normalized spacial score (nSPS) is 12.5. The van der Waals surface area contributed by atoms with E-state index >= 15 is 0 Å². The van der Waals surface area contributed by atoms with Crippen LogP contribution in [-0.4, -0.2) is 23.5 Å². The summed E-state index contributed by atoms with van der Waals surface area (Å²) in [5.41, 5.74) is 8.16. The van der Waals surface area contributed by atoms with Crippen LogP contribution in [0, 0.1) is 0 Å². The molecule has 0 aliphatic rings. The molecule has 0 saturated heterocycles. The van der Waals surface area contributed by atoms with Crippen LogP contribution in [0.2, 0.25) is 0 Å². The van der Waals surface area contributed by atoms with E-state index in [0.29, 0.717) is 6.54 Å². The van der Waals surface area contributed by atoms with E-state index in [2.05, 4.69) is 10.3 Å². The van der Waals surface area contributed by atoms with Crippen molar-refractivity contribution in [2.45, 2.75) is 19.4 Å². The molecule has 0 aliphatic carbocycles. The summed E-state index contributed by atoms with van der Waals surface area (Å²) in [6.45, 7) is 2.27. The molecule has 0 unspecified atom stereocenters. The molecule has 0 aliphatic heterocycles. The van der Waals surface area contributed by atoms with E-state index in [1.54, 1.807) is 23.8 Å². The van der Waals surface area contributed by atoms with Crippen molar-refractivity contribution in [3.8, 4) is 0 Å². The Hall–Kier alpha value is -0.940. The summed E-state index contributed by atoms with van der Waals surface area (Å²) in [5.74, 6) is -0.116. The molecular formula is C8H13N3OS. The molecule has 0 spiro atoms. The molecule has 3 N–H and O–H groups in total. The highest BCUT2D eigenvalue weighted by molar-refractivity contribution is 7.07. The topological polar surface area (TPSA) is 68.0 Å². The summed E-state index contributed by atoms with van der Waals surface area (Å²) in [4.78, 5) is 15.1. The van der Waals surface area contributed by atoms with E-state index in [1.165, 1.54) is 0 Å². The van der Waals surface area contributed by atoms with Gasteiger partial charge in [0.1, 0.15) is 0 Å². The van der Waals surface area contributed by atoms with Gasteiger partial charge < -0.3 is 11.1 Å². The fourth-order valence-corrected chi connectivity index (χ4v) is 1.43. The Balaban J connectivity index is 2.18. The molecule has 1 aromatic heterocycles. The van der Waals surface area contributed by atoms with Crippen LogP contribution in [-0.2, 0) is 11.2 Å². The maximum absolute atomic E-state index is 11.0. The van der Waals surface area contributed by atoms with E-state index in [0.717, 1.165) is 12.1 Å². The van der Waals surface area contributed by atoms with Crippen LogP contribution in [0.4, 0.5) is 0 Å². The number of thiazole rings is 1. The van der Waals surface area contributed by atoms with Crippen molar-refractivity contribution in [3.05, 3.63) is 16.6 Å². The fourth-order valence-electron chi connectivity index (χ4n) is 0.836. The van der Waals surface area contributed by atoms with Gasteiger partial charge in [-0.15, -0.1) is 11.3 Å². The maximum atomic E-state index is 11.0. The minimum atomic E-state index is -0.435. The van der Waals surface area contributed by atoms with Gasteiger partial charge in [-0.25, -0.2) is 4.98 Å². The van der Waals surface area contributed by atoms with Crippen LogP contribution in [0.3, 0.4) is 0 Å². The molecule has 0 aromatic carbocycles. The monoisotopic (exact) mass is 199 g/mol. The number of aromatic nitrogens is 1. The van der Waals surface area contributed by atoms with Gasteiger partial charge in [0.25, 0.3) is 0 Å². The highest BCUT2D eigenvalue weighted by atomic mass is 32.1. The van der Waals surface area contributed by atoms with Crippen molar-refractivity contribution in [2.24, 2.45) is 5.73 Å². The molecule has 1 heterocycles. The van der Waals surface area contributed by atoms with Crippen LogP contribution < -0.4 is 11.1 Å². The van der Waals surface area contributed by atoms with Gasteiger partial charge in [-0.3, -0.25) is 4.79 Å². The molecule has 0 radical (unpaired) electrons. The zero-order valence-corrected chi connectivity index (χ0v) is 8.30. The molecule has 1 rings (SSSR count). The smallest absolute Gasteiger partial charge is 0.236 e. The zero-order chi connectivity index (χ0) is 9.68. The lowest BCUT2D eigenvalue weighted by molar-refractivity contribution is -0.121. The molecule has 72 valence electrons. The predicted octanol–water partition coefficient (Wildman–Crippen LogP) is 0.149. The number of hydrogen-bond acceptors (Lipinski definition) is 4. The van der Waals surface area contributed by atoms with Gasteiger partial charge in [-0.1, -0.05) is 0 Å². The van der Waals surface area contributed by atoms with E-state index in [1.807, 2.05) is 5.38 Å². The molecule has 5 heteroatoms. The van der Waals surface area contributed by atoms with Gasteiger partial charge in [0.05, 0.1) is 17.2 Å². The number of amides is 1. The van der Waals surface area contributed by atoms with Crippen molar-refractivity contribution < 1.29 is 4.79 Å². The van der Waals surface area contributed by atoms with Crippen molar-refractivity contribution in [3.63, 3.8) is 0 Å². The molecule has 0 saturated carbocycles. The van der Waals surface area contributed by atoms with Crippen molar-refractivity contribution in [1.29, 1.82) is 0 Å². The minimum absolute atomic E-state index is 0.116. The quantitative estimate of drug-likeness (QED) is 0.725. The second-order valence-electron chi connectivity index (χ2n) is 2.81. The summed E-state index contributed by atoms with van der Waals surface area (Å²) >= 11 is 1.56. The standard InChI is InChI=1S/C8H13N3OS/c1-6(9)8(12)10-3-2-7-4-13-5-11-7/h4-6H,2-3,9H2,1H3,(H,10,12)/t6-/m0/s1. The second-order valence-corrected chi connectivity index (χ2v) is 3.53. The van der Waals surface area contributed by atoms with E-state index in [-0.39, 0.29) is 5.91 Å². The van der Waals surface area contributed by atoms with Crippen LogP contribution in [0.1, 0.15) is 12.6 Å². The van der Waals surface area contributed by atoms with E-state index in [4.69, 9.17) is 5.73 Å². The molecular weight excluding hydrogens is 186 g/mol. The zero-order valence-electron chi connectivity index (χ0n) is 7.49. The van der Waals surface area contributed by atoms with Crippen LogP contribution in [0.25, 0.3) is 0 Å². The van der Waals surface area contributed by atoms with Crippen LogP contribution in [0.15, 0.2) is 10.9 Å². The van der Waals surface area contributed by atoms with Crippen molar-refractivity contribution in [2.75, 3.05) is 6.54 Å². The summed E-state index contributed by atoms with van der Waals surface area (Å²) in [6.07, 6.45) is 0.766. The van der Waals surface area contributed by atoms with Crippen LogP contribution >= 0.6 is 11.3 Å². The number of hydrogen-bond donors (Lipinski definition) is 2. The Morgan fingerprint density at radius 1 is 1.85 bits per heavy atom. The number of carbonyl (C=O) groups is 1. The molecule has 1 atom stereocenters. The minimum Gasteiger partial charge on any atom is -0.354 e. The first-order valence-electron chi connectivity index (χ1n) is 4.10. The first kappa shape index (κ1) is 10.1. The van der Waals surface area contributed by atoms with Gasteiger partial charge in [0.15, 0.2) is 0 Å². The summed E-state index contributed by atoms with van der Waals surface area (Å²) in [5, 5.41) is 4.69. The van der Waals surface area contributed by atoms with Crippen molar-refractivity contribution >= 4 is 17.2 Å². The second kappa shape index (κ2) is 4.94. The number of carbonyl (C=O) groups excluding carboxylic acids is 1. The lowest BCUT2D eigenvalue weighted by atomic mass is 10.3. The van der Waals surface area contributed by atoms with Gasteiger partial charge >= 0.3 is 0 Å². The molecule has 1 aromatic rings. The lowest BCUT2D eigenvalue weighted by Gasteiger charge is -2.05. The Kier molecular flexibility index (Phi) is 3.85. The van der Waals surface area contributed by atoms with Gasteiger partial charge in [0.2, 0.25) is 5.91 Å². The molecule has 0 fully saturated rings. The fraction of sp³-hybridized carbons (Fsp3) is 0.500. The third kappa shape index (κ3) is 3.52. The molecule has 0 bridgehead atoms. The number of nitrogens with two attached hydrogens (primary N) is 1. The number of nitrogens with zero attached hydrogens (tertiary/aromatic N) is 1. The maximum Gasteiger partial charge on any atom is 0.236 e. The first-order valence-corrected chi connectivity index (χ1v) is 5.05. The molecule has 4 nitrogen and oxygen atoms in total. The van der Waals surface area contributed by atoms with Gasteiger partial charge in [-0.2, -0.15) is 0 Å².